The lowest BCUT2D eigenvalue weighted by atomic mass is 9.85. The summed E-state index contributed by atoms with van der Waals surface area (Å²) in [6, 6.07) is 2.24. The number of fused-ring (bicyclic) bond motifs is 1. The number of allylic oxidation sites excluding steroid dienone is 2. The number of benzene rings is 1. The van der Waals surface area contributed by atoms with Gasteiger partial charge in [-0.2, -0.15) is 0 Å². The lowest BCUT2D eigenvalue weighted by Crippen LogP contribution is -2.30. The Morgan fingerprint density at radius 2 is 1.79 bits per heavy atom. The van der Waals surface area contributed by atoms with E-state index in [1.54, 1.807) is 6.08 Å². The third-order valence-corrected chi connectivity index (χ3v) is 3.53. The maximum absolute atomic E-state index is 12.7. The molecule has 0 bridgehead atoms. The fourth-order valence-electron chi connectivity index (χ4n) is 2.44. The van der Waals surface area contributed by atoms with Crippen molar-refractivity contribution in [2.45, 2.75) is 26.4 Å². The first-order chi connectivity index (χ1) is 11.2. The van der Waals surface area contributed by atoms with Crippen LogP contribution in [-0.4, -0.2) is 34.0 Å². The summed E-state index contributed by atoms with van der Waals surface area (Å²) in [7, 11) is 0. The summed E-state index contributed by atoms with van der Waals surface area (Å²) in [6.07, 6.45) is 0.712. The van der Waals surface area contributed by atoms with Crippen molar-refractivity contribution < 1.29 is 29.3 Å². The Morgan fingerprint density at radius 3 is 2.33 bits per heavy atom. The quantitative estimate of drug-likeness (QED) is 0.573. The lowest BCUT2D eigenvalue weighted by Gasteiger charge is -2.22. The van der Waals surface area contributed by atoms with Crippen LogP contribution in [0.1, 0.15) is 41.0 Å². The van der Waals surface area contributed by atoms with Crippen LogP contribution in [0, 0.1) is 0 Å². The van der Waals surface area contributed by atoms with Crippen LogP contribution < -0.4 is 5.73 Å². The summed E-state index contributed by atoms with van der Waals surface area (Å²) in [6.45, 7) is 3.64. The molecular formula is C17H17NO6. The SMILES string of the molecule is CC(C)=CCC(OC(N)=O)C1=CC(=O)c2c(O)ccc(O)c2C1=O. The topological polar surface area (TPSA) is 127 Å². The molecule has 1 aromatic rings. The molecule has 0 radical (unpaired) electrons. The Bertz CT molecular complexity index is 787. The second kappa shape index (κ2) is 6.57. The zero-order valence-corrected chi connectivity index (χ0v) is 13.2. The van der Waals surface area contributed by atoms with Crippen molar-refractivity contribution in [1.29, 1.82) is 0 Å². The number of hydrogen-bond donors (Lipinski definition) is 3. The number of ether oxygens (including phenoxy) is 1. The maximum Gasteiger partial charge on any atom is 0.405 e. The van der Waals surface area contributed by atoms with Gasteiger partial charge in [0, 0.05) is 12.0 Å². The van der Waals surface area contributed by atoms with Gasteiger partial charge >= 0.3 is 6.09 Å². The highest BCUT2D eigenvalue weighted by Crippen LogP contribution is 2.36. The predicted octanol–water partition coefficient (Wildman–Crippen LogP) is 2.22. The molecule has 0 heterocycles. The highest BCUT2D eigenvalue weighted by Gasteiger charge is 2.35. The van der Waals surface area contributed by atoms with Crippen LogP contribution in [0.2, 0.25) is 0 Å². The largest absolute Gasteiger partial charge is 0.507 e. The highest BCUT2D eigenvalue weighted by molar-refractivity contribution is 6.27. The van der Waals surface area contributed by atoms with Crippen molar-refractivity contribution in [3.8, 4) is 11.5 Å². The molecule has 126 valence electrons. The number of amides is 1. The van der Waals surface area contributed by atoms with Gasteiger partial charge in [0.15, 0.2) is 11.6 Å². The summed E-state index contributed by atoms with van der Waals surface area (Å²) in [5, 5.41) is 19.7. The van der Waals surface area contributed by atoms with E-state index >= 15 is 0 Å². The average molecular weight is 331 g/mol. The third-order valence-electron chi connectivity index (χ3n) is 3.53. The molecule has 1 aliphatic carbocycles. The first-order valence-electron chi connectivity index (χ1n) is 7.17. The van der Waals surface area contributed by atoms with Crippen LogP contribution in [0.5, 0.6) is 11.5 Å². The summed E-state index contributed by atoms with van der Waals surface area (Å²) in [5.74, 6) is -2.21. The van der Waals surface area contributed by atoms with Crippen molar-refractivity contribution in [2.24, 2.45) is 5.73 Å². The Labute approximate surface area is 138 Å². The van der Waals surface area contributed by atoms with E-state index in [2.05, 4.69) is 0 Å². The van der Waals surface area contributed by atoms with E-state index in [4.69, 9.17) is 10.5 Å². The minimum Gasteiger partial charge on any atom is -0.507 e. The molecule has 4 N–H and O–H groups in total. The predicted molar refractivity (Wildman–Crippen MR) is 85.0 cm³/mol. The molecule has 1 aromatic carbocycles. The maximum atomic E-state index is 12.7. The van der Waals surface area contributed by atoms with E-state index in [0.717, 1.165) is 23.8 Å². The number of phenolic OH excluding ortho intramolecular Hbond substituents is 2. The fraction of sp³-hybridized carbons (Fsp3) is 0.235. The van der Waals surface area contributed by atoms with Crippen LogP contribution in [0.4, 0.5) is 4.79 Å². The van der Waals surface area contributed by atoms with Gasteiger partial charge in [-0.25, -0.2) is 4.79 Å². The standard InChI is InChI=1S/C17H17NO6/c1-8(2)3-6-13(24-17(18)23)9-7-12(21)14-10(19)4-5-11(20)15(14)16(9)22/h3-5,7,13,19-20H,6H2,1-2H3,(H2,18,23). The Morgan fingerprint density at radius 1 is 1.21 bits per heavy atom. The molecule has 1 amide bonds. The zero-order valence-electron chi connectivity index (χ0n) is 13.2. The van der Waals surface area contributed by atoms with Crippen molar-refractivity contribution in [2.75, 3.05) is 0 Å². The normalized spacial score (nSPS) is 14.5. The monoisotopic (exact) mass is 331 g/mol. The molecule has 0 saturated heterocycles. The fourth-order valence-corrected chi connectivity index (χ4v) is 2.44. The summed E-state index contributed by atoms with van der Waals surface area (Å²) < 4.78 is 4.95. The lowest BCUT2D eigenvalue weighted by molar-refractivity contribution is 0.0908. The second-order valence-corrected chi connectivity index (χ2v) is 5.59. The van der Waals surface area contributed by atoms with Gasteiger partial charge in [-0.15, -0.1) is 0 Å². The van der Waals surface area contributed by atoms with E-state index < -0.39 is 35.3 Å². The average Bonchev–Trinajstić information content (AvgIpc) is 2.49. The Hall–Kier alpha value is -3.09. The number of aromatic hydroxyl groups is 2. The van der Waals surface area contributed by atoms with Crippen molar-refractivity contribution in [3.63, 3.8) is 0 Å². The molecule has 0 aliphatic heterocycles. The number of primary amides is 1. The van der Waals surface area contributed by atoms with Gasteiger partial charge in [-0.3, -0.25) is 9.59 Å². The number of carbonyl (C=O) groups is 3. The van der Waals surface area contributed by atoms with Gasteiger partial charge in [0.25, 0.3) is 0 Å². The smallest absolute Gasteiger partial charge is 0.405 e. The van der Waals surface area contributed by atoms with Gasteiger partial charge in [-0.05, 0) is 32.1 Å². The van der Waals surface area contributed by atoms with Crippen molar-refractivity contribution in [3.05, 3.63) is 46.6 Å². The van der Waals surface area contributed by atoms with Gasteiger partial charge in [0.05, 0.1) is 11.1 Å². The number of hydrogen-bond acceptors (Lipinski definition) is 6. The van der Waals surface area contributed by atoms with E-state index in [0.29, 0.717) is 0 Å². The summed E-state index contributed by atoms with van der Waals surface area (Å²) in [5.41, 5.74) is 5.27. The van der Waals surface area contributed by atoms with E-state index in [9.17, 15) is 24.6 Å². The van der Waals surface area contributed by atoms with Crippen LogP contribution in [0.25, 0.3) is 0 Å². The zero-order chi connectivity index (χ0) is 18.0. The molecule has 2 rings (SSSR count). The molecule has 24 heavy (non-hydrogen) atoms. The van der Waals surface area contributed by atoms with Crippen molar-refractivity contribution in [1.82, 2.24) is 0 Å². The number of nitrogens with two attached hydrogens (primary N) is 1. The van der Waals surface area contributed by atoms with E-state index in [-0.39, 0.29) is 23.1 Å². The van der Waals surface area contributed by atoms with Crippen LogP contribution in [-0.2, 0) is 4.74 Å². The molecule has 0 fully saturated rings. The second-order valence-electron chi connectivity index (χ2n) is 5.59. The Balaban J connectivity index is 2.51. The summed E-state index contributed by atoms with van der Waals surface area (Å²) in [4.78, 5) is 36.0. The van der Waals surface area contributed by atoms with Crippen LogP contribution >= 0.6 is 0 Å². The highest BCUT2D eigenvalue weighted by atomic mass is 16.6. The van der Waals surface area contributed by atoms with Crippen molar-refractivity contribution >= 4 is 17.7 Å². The first kappa shape index (κ1) is 17.3. The van der Waals surface area contributed by atoms with E-state index in [1.165, 1.54) is 0 Å². The molecule has 0 spiro atoms. The summed E-state index contributed by atoms with van der Waals surface area (Å²) >= 11 is 0. The van der Waals surface area contributed by atoms with Gasteiger partial charge in [0.2, 0.25) is 0 Å². The molecular weight excluding hydrogens is 314 g/mol. The molecule has 0 saturated carbocycles. The molecule has 7 heteroatoms. The molecule has 1 aliphatic rings. The molecule has 0 aromatic heterocycles. The van der Waals surface area contributed by atoms with Crippen LogP contribution in [0.3, 0.4) is 0 Å². The first-order valence-corrected chi connectivity index (χ1v) is 7.17. The Kier molecular flexibility index (Phi) is 4.73. The minimum absolute atomic E-state index is 0.107. The third kappa shape index (κ3) is 3.29. The van der Waals surface area contributed by atoms with Gasteiger partial charge in [-0.1, -0.05) is 11.6 Å². The van der Waals surface area contributed by atoms with E-state index in [1.807, 2.05) is 13.8 Å². The van der Waals surface area contributed by atoms with Gasteiger partial charge < -0.3 is 20.7 Å². The number of carbonyl (C=O) groups excluding carboxylic acids is 3. The minimum atomic E-state index is -1.09. The molecule has 7 nitrogen and oxygen atoms in total. The number of phenols is 2. The number of rotatable bonds is 4. The number of Topliss-reactive ketones (excluding diaryl/α,β-unsaturated/α-hetero) is 1. The van der Waals surface area contributed by atoms with Gasteiger partial charge in [0.1, 0.15) is 17.6 Å². The molecule has 1 atom stereocenters. The number of ketones is 2. The molecule has 1 unspecified atom stereocenters. The van der Waals surface area contributed by atoms with Crippen LogP contribution in [0.15, 0.2) is 35.4 Å².